The molecular weight excluding hydrogens is 690 g/mol. The highest BCUT2D eigenvalue weighted by molar-refractivity contribution is 5.80. The maximum absolute atomic E-state index is 13.6. The Hall–Kier alpha value is -1.91. The molecule has 4 bridgehead atoms. The van der Waals surface area contributed by atoms with Crippen molar-refractivity contribution in [1.29, 1.82) is 0 Å². The largest absolute Gasteiger partial charge is 0.459 e. The fraction of sp³-hybridized carbons (Fsp3) is 0.923. The fourth-order valence-corrected chi connectivity index (χ4v) is 12.8. The van der Waals surface area contributed by atoms with E-state index in [0.29, 0.717) is 25.3 Å². The maximum atomic E-state index is 13.6. The van der Waals surface area contributed by atoms with Gasteiger partial charge in [0.15, 0.2) is 17.8 Å². The van der Waals surface area contributed by atoms with Crippen molar-refractivity contribution < 1.29 is 64.0 Å². The zero-order valence-corrected chi connectivity index (χ0v) is 32.4. The van der Waals surface area contributed by atoms with E-state index in [-0.39, 0.29) is 25.3 Å². The standard InChI is InChI=1S/C39H61NO13/c1-9-19(3)32(44)52-31-29(43)28-22(17-40-16-18(2)10-11-26(40)36(28,8)47)23-15-37-30(38(23,31)48)24(42)14-25-34(37,6)13-12-27(39(25,49)53-37)51-33(45)35(7,46)20(4)50-21(5)41/h18-20,22-31,42-43,46-49H,9-17H2,1-8H3/t18-,19+,20+,22+,23-,24+,25-,26-,27+,28-,29+,30-,31-,34-,35+,36-,37+,38-,39-/m0/s1. The normalized spacial score (nSPS) is 52.1. The first-order valence-corrected chi connectivity index (χ1v) is 19.8. The number of carbonyl (C=O) groups excluding carboxylic acids is 3. The Morgan fingerprint density at radius 2 is 1.72 bits per heavy atom. The molecule has 0 aromatic heterocycles. The van der Waals surface area contributed by atoms with Gasteiger partial charge in [-0.1, -0.05) is 27.7 Å². The molecule has 3 heterocycles. The van der Waals surface area contributed by atoms with E-state index in [4.69, 9.17) is 18.9 Å². The van der Waals surface area contributed by atoms with Gasteiger partial charge in [-0.25, -0.2) is 4.79 Å². The molecule has 0 amide bonds. The highest BCUT2D eigenvalue weighted by atomic mass is 16.7. The van der Waals surface area contributed by atoms with E-state index < -0.39 is 118 Å². The van der Waals surface area contributed by atoms with Crippen molar-refractivity contribution in [3.8, 4) is 0 Å². The molecule has 6 N–H and O–H groups in total. The number of nitrogens with zero attached hydrogens (tertiary/aromatic N) is 1. The topological polar surface area (TPSA) is 213 Å². The Morgan fingerprint density at radius 3 is 2.36 bits per heavy atom. The Labute approximate surface area is 311 Å². The number of hydrogen-bond donors (Lipinski definition) is 6. The molecule has 0 radical (unpaired) electrons. The molecule has 53 heavy (non-hydrogen) atoms. The van der Waals surface area contributed by atoms with E-state index in [1.54, 1.807) is 13.8 Å². The van der Waals surface area contributed by atoms with Gasteiger partial charge in [-0.3, -0.25) is 14.5 Å². The minimum absolute atomic E-state index is 0.0532. The van der Waals surface area contributed by atoms with Gasteiger partial charge >= 0.3 is 17.9 Å². The second kappa shape index (κ2) is 12.5. The summed E-state index contributed by atoms with van der Waals surface area (Å²) < 4.78 is 24.0. The monoisotopic (exact) mass is 751 g/mol. The van der Waals surface area contributed by atoms with Crippen molar-refractivity contribution in [3.05, 3.63) is 0 Å². The van der Waals surface area contributed by atoms with Crippen molar-refractivity contribution in [1.82, 2.24) is 4.90 Å². The third-order valence-corrected chi connectivity index (χ3v) is 15.8. The van der Waals surface area contributed by atoms with Crippen LogP contribution >= 0.6 is 0 Å². The van der Waals surface area contributed by atoms with Gasteiger partial charge in [-0.2, -0.15) is 0 Å². The minimum atomic E-state index is -2.26. The number of hydrogen-bond acceptors (Lipinski definition) is 14. The van der Waals surface area contributed by atoms with Crippen LogP contribution in [-0.2, 0) is 33.3 Å². The zero-order valence-electron chi connectivity index (χ0n) is 32.4. The van der Waals surface area contributed by atoms with Crippen molar-refractivity contribution in [2.45, 2.75) is 165 Å². The number of ether oxygens (including phenoxy) is 4. The zero-order chi connectivity index (χ0) is 39.0. The Morgan fingerprint density at radius 1 is 1.04 bits per heavy atom. The number of aliphatic hydroxyl groups is 6. The molecule has 4 aliphatic carbocycles. The Kier molecular flexibility index (Phi) is 9.31. The van der Waals surface area contributed by atoms with Crippen LogP contribution in [0.3, 0.4) is 0 Å². The molecular formula is C39H61NO13. The van der Waals surface area contributed by atoms with Crippen LogP contribution in [0.25, 0.3) is 0 Å². The number of aliphatic hydroxyl groups excluding tert-OH is 2. The van der Waals surface area contributed by atoms with E-state index >= 15 is 0 Å². The summed E-state index contributed by atoms with van der Waals surface area (Å²) in [4.78, 5) is 40.9. The Bertz CT molecular complexity index is 1500. The lowest BCUT2D eigenvalue weighted by molar-refractivity contribution is -0.300. The van der Waals surface area contributed by atoms with Gasteiger partial charge in [-0.15, -0.1) is 0 Å². The van der Waals surface area contributed by atoms with Gasteiger partial charge in [0.2, 0.25) is 5.79 Å². The summed E-state index contributed by atoms with van der Waals surface area (Å²) in [7, 11) is 0. The number of rotatable bonds is 7. The smallest absolute Gasteiger partial charge is 0.342 e. The van der Waals surface area contributed by atoms with E-state index in [1.807, 2.05) is 13.8 Å². The van der Waals surface area contributed by atoms with Gasteiger partial charge in [-0.05, 0) is 83.5 Å². The molecule has 14 heteroatoms. The van der Waals surface area contributed by atoms with Crippen LogP contribution < -0.4 is 0 Å². The van der Waals surface area contributed by atoms with Gasteiger partial charge in [0, 0.05) is 49.2 Å². The van der Waals surface area contributed by atoms with Crippen LogP contribution in [0.2, 0.25) is 0 Å². The summed E-state index contributed by atoms with van der Waals surface area (Å²) in [5, 5.41) is 74.2. The van der Waals surface area contributed by atoms with Crippen LogP contribution in [0.4, 0.5) is 0 Å². The summed E-state index contributed by atoms with van der Waals surface area (Å²) in [6, 6.07) is -0.250. The predicted molar refractivity (Wildman–Crippen MR) is 185 cm³/mol. The number of piperidine rings is 2. The van der Waals surface area contributed by atoms with Crippen molar-refractivity contribution >= 4 is 17.9 Å². The third kappa shape index (κ3) is 5.21. The van der Waals surface area contributed by atoms with E-state index in [2.05, 4.69) is 11.8 Å². The average Bonchev–Trinajstić information content (AvgIpc) is 3.35. The highest BCUT2D eigenvalue weighted by Gasteiger charge is 2.87. The summed E-state index contributed by atoms with van der Waals surface area (Å²) in [6.07, 6.45) is -4.16. The minimum Gasteiger partial charge on any atom is -0.459 e. The molecule has 19 atom stereocenters. The van der Waals surface area contributed by atoms with Crippen molar-refractivity contribution in [3.63, 3.8) is 0 Å². The quantitative estimate of drug-likeness (QED) is 0.159. The first-order valence-electron chi connectivity index (χ1n) is 19.8. The molecule has 0 unspecified atom stereocenters. The second-order valence-corrected chi connectivity index (χ2v) is 18.7. The van der Waals surface area contributed by atoms with Crippen LogP contribution in [0, 0.1) is 46.8 Å². The molecule has 3 aliphatic heterocycles. The fourth-order valence-electron chi connectivity index (χ4n) is 12.8. The predicted octanol–water partition coefficient (Wildman–Crippen LogP) is 1.04. The number of carbonyl (C=O) groups is 3. The SMILES string of the molecule is CC[C@@H](C)C(=O)O[C@H]1[C@H](O)[C@@H]2[C@H](CN3C[C@@H](C)CC[C@H]3[C@]2(C)O)[C@@H]2C[C@@]34O[C@@]5(O)[C@@H](C[C@@H](O)[C@@H]3[C@@]21O)[C@]4(C)CC[C@H]5OC(=O)[C@](C)(O)[C@@H](C)OC(C)=O. The van der Waals surface area contributed by atoms with Crippen LogP contribution in [0.5, 0.6) is 0 Å². The Balaban J connectivity index is 1.31. The molecule has 4 saturated carbocycles. The van der Waals surface area contributed by atoms with Crippen LogP contribution in [-0.4, -0.2) is 131 Å². The van der Waals surface area contributed by atoms with Crippen LogP contribution in [0.15, 0.2) is 0 Å². The average molecular weight is 752 g/mol. The molecule has 0 aromatic carbocycles. The van der Waals surface area contributed by atoms with E-state index in [1.165, 1.54) is 13.8 Å². The molecule has 300 valence electrons. The summed E-state index contributed by atoms with van der Waals surface area (Å²) in [5.41, 5.74) is -7.99. The molecule has 14 nitrogen and oxygen atoms in total. The third-order valence-electron chi connectivity index (χ3n) is 15.8. The lowest BCUT2D eigenvalue weighted by Gasteiger charge is -2.64. The lowest BCUT2D eigenvalue weighted by Crippen LogP contribution is -2.77. The van der Waals surface area contributed by atoms with E-state index in [9.17, 15) is 45.0 Å². The summed E-state index contributed by atoms with van der Waals surface area (Å²) in [6.45, 7) is 14.3. The van der Waals surface area contributed by atoms with Gasteiger partial charge in [0.1, 0.15) is 11.7 Å². The van der Waals surface area contributed by atoms with E-state index in [0.717, 1.165) is 26.3 Å². The molecule has 3 saturated heterocycles. The number of esters is 3. The van der Waals surface area contributed by atoms with Crippen LogP contribution in [0.1, 0.15) is 100 Å². The first-order chi connectivity index (χ1) is 24.5. The summed E-state index contributed by atoms with van der Waals surface area (Å²) in [5.74, 6) is -8.65. The molecule has 7 fully saturated rings. The summed E-state index contributed by atoms with van der Waals surface area (Å²) >= 11 is 0. The second-order valence-electron chi connectivity index (χ2n) is 18.7. The molecule has 0 aromatic rings. The highest BCUT2D eigenvalue weighted by Crippen LogP contribution is 2.77. The van der Waals surface area contributed by atoms with Crippen molar-refractivity contribution in [2.24, 2.45) is 46.8 Å². The number of fused-ring (bicyclic) bond motifs is 5. The molecule has 1 spiro atoms. The lowest BCUT2D eigenvalue weighted by atomic mass is 9.49. The van der Waals surface area contributed by atoms with Crippen molar-refractivity contribution in [2.75, 3.05) is 13.1 Å². The van der Waals surface area contributed by atoms with Gasteiger partial charge < -0.3 is 49.6 Å². The molecule has 7 rings (SSSR count). The van der Waals surface area contributed by atoms with Gasteiger partial charge in [0.05, 0.1) is 29.3 Å². The first kappa shape index (κ1) is 39.3. The molecule has 7 aliphatic rings. The van der Waals surface area contributed by atoms with Gasteiger partial charge in [0.25, 0.3) is 0 Å². The maximum Gasteiger partial charge on any atom is 0.342 e.